The molecule has 1 aliphatic rings. The zero-order chi connectivity index (χ0) is 15.9. The smallest absolute Gasteiger partial charge is 0.220 e. The monoisotopic (exact) mass is 311 g/mol. The molecule has 1 fully saturated rings. The summed E-state index contributed by atoms with van der Waals surface area (Å²) in [6.07, 6.45) is 8.74. The number of hydrogen-bond acceptors (Lipinski definition) is 2. The molecule has 0 spiro atoms. The maximum atomic E-state index is 12.3. The van der Waals surface area contributed by atoms with E-state index in [9.17, 15) is 4.79 Å². The fourth-order valence-electron chi connectivity index (χ4n) is 3.51. The molecule has 23 heavy (non-hydrogen) atoms. The Kier molecular flexibility index (Phi) is 5.51. The van der Waals surface area contributed by atoms with Gasteiger partial charge in [0.1, 0.15) is 5.76 Å². The van der Waals surface area contributed by atoms with Crippen LogP contribution in [0.3, 0.4) is 0 Å². The Bertz CT molecular complexity index is 591. The number of carbonyl (C=O) groups is 1. The second kappa shape index (κ2) is 8.00. The summed E-state index contributed by atoms with van der Waals surface area (Å²) in [5.74, 6) is 1.70. The van der Waals surface area contributed by atoms with E-state index in [-0.39, 0.29) is 11.9 Å². The molecule has 1 saturated carbocycles. The number of aryl methyl sites for hydroxylation is 1. The Labute approximate surface area is 138 Å². The molecule has 2 aromatic rings. The fourth-order valence-corrected chi connectivity index (χ4v) is 3.51. The zero-order valence-electron chi connectivity index (χ0n) is 13.5. The maximum absolute atomic E-state index is 12.3. The van der Waals surface area contributed by atoms with Gasteiger partial charge in [-0.2, -0.15) is 0 Å². The first-order valence-electron chi connectivity index (χ1n) is 8.67. The number of amides is 1. The Morgan fingerprint density at radius 3 is 2.70 bits per heavy atom. The van der Waals surface area contributed by atoms with E-state index in [0.717, 1.165) is 25.0 Å². The SMILES string of the molecule is O=C(CCc1ccccc1)N[C@@H]1CCCC[C@@H]1Cc1ccco1. The van der Waals surface area contributed by atoms with Crippen molar-refractivity contribution in [1.82, 2.24) is 5.32 Å². The third-order valence-corrected chi connectivity index (χ3v) is 4.78. The predicted molar refractivity (Wildman–Crippen MR) is 91.1 cm³/mol. The number of benzene rings is 1. The molecule has 0 unspecified atom stereocenters. The van der Waals surface area contributed by atoms with Gasteiger partial charge in [0.15, 0.2) is 0 Å². The van der Waals surface area contributed by atoms with Gasteiger partial charge in [-0.15, -0.1) is 0 Å². The van der Waals surface area contributed by atoms with Crippen LogP contribution in [0.15, 0.2) is 53.1 Å². The summed E-state index contributed by atoms with van der Waals surface area (Å²) in [7, 11) is 0. The minimum atomic E-state index is 0.171. The van der Waals surface area contributed by atoms with Crippen LogP contribution in [0.5, 0.6) is 0 Å². The molecule has 3 rings (SSSR count). The van der Waals surface area contributed by atoms with Crippen molar-refractivity contribution < 1.29 is 9.21 Å². The van der Waals surface area contributed by atoms with Crippen LogP contribution < -0.4 is 5.32 Å². The van der Waals surface area contributed by atoms with Gasteiger partial charge in [0.25, 0.3) is 0 Å². The quantitative estimate of drug-likeness (QED) is 0.871. The average Bonchev–Trinajstić information content (AvgIpc) is 3.09. The number of rotatable bonds is 6. The molecule has 1 aromatic heterocycles. The minimum absolute atomic E-state index is 0.171. The van der Waals surface area contributed by atoms with Crippen LogP contribution in [-0.2, 0) is 17.6 Å². The topological polar surface area (TPSA) is 42.2 Å². The van der Waals surface area contributed by atoms with Gasteiger partial charge in [-0.25, -0.2) is 0 Å². The standard InChI is InChI=1S/C20H25NO2/c22-20(13-12-16-7-2-1-3-8-16)21-19-11-5-4-9-17(19)15-18-10-6-14-23-18/h1-3,6-8,10,14,17,19H,4-5,9,11-13,15H2,(H,21,22)/t17-,19-/m1/s1. The highest BCUT2D eigenvalue weighted by molar-refractivity contribution is 5.76. The minimum Gasteiger partial charge on any atom is -0.469 e. The van der Waals surface area contributed by atoms with Crippen molar-refractivity contribution >= 4 is 5.91 Å². The lowest BCUT2D eigenvalue weighted by atomic mass is 9.81. The van der Waals surface area contributed by atoms with E-state index < -0.39 is 0 Å². The first kappa shape index (κ1) is 15.9. The van der Waals surface area contributed by atoms with Crippen LogP contribution in [0.4, 0.5) is 0 Å². The highest BCUT2D eigenvalue weighted by atomic mass is 16.3. The molecule has 1 aromatic carbocycles. The van der Waals surface area contributed by atoms with Crippen molar-refractivity contribution in [3.8, 4) is 0 Å². The third-order valence-electron chi connectivity index (χ3n) is 4.78. The Balaban J connectivity index is 1.51. The Hall–Kier alpha value is -2.03. The van der Waals surface area contributed by atoms with Crippen LogP contribution in [-0.4, -0.2) is 11.9 Å². The van der Waals surface area contributed by atoms with E-state index in [0.29, 0.717) is 12.3 Å². The summed E-state index contributed by atoms with van der Waals surface area (Å²) in [5.41, 5.74) is 1.22. The first-order chi connectivity index (χ1) is 11.3. The molecule has 3 nitrogen and oxygen atoms in total. The molecule has 1 heterocycles. The van der Waals surface area contributed by atoms with Crippen LogP contribution >= 0.6 is 0 Å². The van der Waals surface area contributed by atoms with Crippen LogP contribution in [0.2, 0.25) is 0 Å². The zero-order valence-corrected chi connectivity index (χ0v) is 13.5. The summed E-state index contributed by atoms with van der Waals surface area (Å²) in [4.78, 5) is 12.3. The van der Waals surface area contributed by atoms with E-state index in [1.165, 1.54) is 24.8 Å². The largest absolute Gasteiger partial charge is 0.469 e. The second-order valence-electron chi connectivity index (χ2n) is 6.49. The fraction of sp³-hybridized carbons (Fsp3) is 0.450. The van der Waals surface area contributed by atoms with Crippen LogP contribution in [0.1, 0.15) is 43.4 Å². The first-order valence-corrected chi connectivity index (χ1v) is 8.67. The molecule has 0 saturated heterocycles. The Morgan fingerprint density at radius 1 is 1.09 bits per heavy atom. The van der Waals surface area contributed by atoms with Gasteiger partial charge in [-0.05, 0) is 42.9 Å². The molecule has 1 amide bonds. The van der Waals surface area contributed by atoms with Crippen molar-refractivity contribution in [1.29, 1.82) is 0 Å². The van der Waals surface area contributed by atoms with Crippen molar-refractivity contribution in [3.63, 3.8) is 0 Å². The van der Waals surface area contributed by atoms with Gasteiger partial charge in [0, 0.05) is 18.9 Å². The molecule has 0 aliphatic heterocycles. The molecule has 3 heteroatoms. The van der Waals surface area contributed by atoms with Gasteiger partial charge >= 0.3 is 0 Å². The summed E-state index contributed by atoms with van der Waals surface area (Å²) < 4.78 is 5.48. The van der Waals surface area contributed by atoms with Gasteiger partial charge < -0.3 is 9.73 Å². The van der Waals surface area contributed by atoms with Crippen LogP contribution in [0.25, 0.3) is 0 Å². The lowest BCUT2D eigenvalue weighted by Gasteiger charge is -2.31. The number of carbonyl (C=O) groups excluding carboxylic acids is 1. The molecule has 2 atom stereocenters. The molecule has 0 radical (unpaired) electrons. The number of furan rings is 1. The highest BCUT2D eigenvalue weighted by Gasteiger charge is 2.27. The van der Waals surface area contributed by atoms with Crippen molar-refractivity contribution in [2.75, 3.05) is 0 Å². The number of hydrogen-bond donors (Lipinski definition) is 1. The number of nitrogens with one attached hydrogen (secondary N) is 1. The van der Waals surface area contributed by atoms with Crippen molar-refractivity contribution in [3.05, 3.63) is 60.1 Å². The lowest BCUT2D eigenvalue weighted by Crippen LogP contribution is -2.42. The van der Waals surface area contributed by atoms with E-state index in [1.807, 2.05) is 30.3 Å². The lowest BCUT2D eigenvalue weighted by molar-refractivity contribution is -0.122. The second-order valence-corrected chi connectivity index (χ2v) is 6.49. The van der Waals surface area contributed by atoms with E-state index in [4.69, 9.17) is 4.42 Å². The van der Waals surface area contributed by atoms with E-state index in [1.54, 1.807) is 6.26 Å². The summed E-state index contributed by atoms with van der Waals surface area (Å²) in [5, 5.41) is 3.27. The summed E-state index contributed by atoms with van der Waals surface area (Å²) in [6.45, 7) is 0. The van der Waals surface area contributed by atoms with Gasteiger partial charge in [-0.1, -0.05) is 43.2 Å². The van der Waals surface area contributed by atoms with E-state index in [2.05, 4.69) is 17.4 Å². The summed E-state index contributed by atoms with van der Waals surface area (Å²) >= 11 is 0. The maximum Gasteiger partial charge on any atom is 0.220 e. The highest BCUT2D eigenvalue weighted by Crippen LogP contribution is 2.28. The van der Waals surface area contributed by atoms with Crippen LogP contribution in [0, 0.1) is 5.92 Å². The molecule has 0 bridgehead atoms. The van der Waals surface area contributed by atoms with Crippen molar-refractivity contribution in [2.45, 2.75) is 51.0 Å². The van der Waals surface area contributed by atoms with Gasteiger partial charge in [0.2, 0.25) is 5.91 Å². The molecule has 1 N–H and O–H groups in total. The van der Waals surface area contributed by atoms with Gasteiger partial charge in [0.05, 0.1) is 6.26 Å². The third kappa shape index (κ3) is 4.72. The Morgan fingerprint density at radius 2 is 1.91 bits per heavy atom. The molecular weight excluding hydrogens is 286 g/mol. The van der Waals surface area contributed by atoms with Crippen molar-refractivity contribution in [2.24, 2.45) is 5.92 Å². The normalized spacial score (nSPS) is 21.0. The summed E-state index contributed by atoms with van der Waals surface area (Å²) in [6, 6.07) is 14.5. The van der Waals surface area contributed by atoms with Gasteiger partial charge in [-0.3, -0.25) is 4.79 Å². The molecular formula is C20H25NO2. The average molecular weight is 311 g/mol. The predicted octanol–water partition coefficient (Wildman–Crippen LogP) is 4.13. The molecule has 122 valence electrons. The molecule has 1 aliphatic carbocycles. The van der Waals surface area contributed by atoms with E-state index >= 15 is 0 Å².